The third-order valence-electron chi connectivity index (χ3n) is 4.40. The van der Waals surface area contributed by atoms with Gasteiger partial charge in [-0.1, -0.05) is 0 Å². The van der Waals surface area contributed by atoms with Crippen molar-refractivity contribution in [3.63, 3.8) is 0 Å². The molecule has 3 aromatic rings. The Labute approximate surface area is 149 Å². The van der Waals surface area contributed by atoms with Crippen LogP contribution in [0.5, 0.6) is 0 Å². The summed E-state index contributed by atoms with van der Waals surface area (Å²) in [4.78, 5) is 30.4. The zero-order chi connectivity index (χ0) is 18.1. The van der Waals surface area contributed by atoms with Crippen molar-refractivity contribution in [3.8, 4) is 0 Å². The molecule has 1 aliphatic heterocycles. The van der Waals surface area contributed by atoms with Crippen molar-refractivity contribution in [2.45, 2.75) is 0 Å². The Morgan fingerprint density at radius 3 is 2.81 bits per heavy atom. The quantitative estimate of drug-likeness (QED) is 0.769. The van der Waals surface area contributed by atoms with Crippen molar-refractivity contribution < 1.29 is 13.9 Å². The lowest BCUT2D eigenvalue weighted by Gasteiger charge is -2.28. The standard InChI is InChI=1S/C18H18N4O4/c1-21-15-3-2-12(10-16(15)26-18(21)24)20-17(23)14-11-13(4-5-19-14)22-6-8-25-9-7-22/h2-5,10-11H,6-9H2,1H3,(H,20,23). The van der Waals surface area contributed by atoms with Gasteiger partial charge in [0.15, 0.2) is 5.58 Å². The Balaban J connectivity index is 1.55. The molecule has 1 amide bonds. The van der Waals surface area contributed by atoms with E-state index in [1.807, 2.05) is 6.07 Å². The minimum absolute atomic E-state index is 0.322. The summed E-state index contributed by atoms with van der Waals surface area (Å²) in [6.45, 7) is 2.92. The molecule has 26 heavy (non-hydrogen) atoms. The SMILES string of the molecule is Cn1c(=O)oc2cc(NC(=O)c3cc(N4CCOCC4)ccn3)ccc21. The Morgan fingerprint density at radius 2 is 2.00 bits per heavy atom. The van der Waals surface area contributed by atoms with Crippen LogP contribution in [-0.2, 0) is 11.8 Å². The lowest BCUT2D eigenvalue weighted by molar-refractivity contribution is 0.102. The molecule has 8 nitrogen and oxygen atoms in total. The number of carbonyl (C=O) groups excluding carboxylic acids is 1. The highest BCUT2D eigenvalue weighted by Gasteiger charge is 2.15. The van der Waals surface area contributed by atoms with Gasteiger partial charge >= 0.3 is 5.76 Å². The molecule has 0 radical (unpaired) electrons. The molecule has 2 aromatic heterocycles. The lowest BCUT2D eigenvalue weighted by atomic mass is 10.2. The molecule has 1 fully saturated rings. The molecule has 0 bridgehead atoms. The fourth-order valence-electron chi connectivity index (χ4n) is 2.97. The number of amides is 1. The van der Waals surface area contributed by atoms with E-state index in [1.165, 1.54) is 4.57 Å². The van der Waals surface area contributed by atoms with Gasteiger partial charge in [-0.2, -0.15) is 0 Å². The zero-order valence-electron chi connectivity index (χ0n) is 14.3. The number of hydrogen-bond donors (Lipinski definition) is 1. The van der Waals surface area contributed by atoms with Crippen LogP contribution in [0.25, 0.3) is 11.1 Å². The van der Waals surface area contributed by atoms with Crippen LogP contribution in [0.1, 0.15) is 10.5 Å². The van der Waals surface area contributed by atoms with Gasteiger partial charge in [0, 0.05) is 43.8 Å². The molecular formula is C18H18N4O4. The number of nitrogens with zero attached hydrogens (tertiary/aromatic N) is 3. The molecule has 0 spiro atoms. The number of benzene rings is 1. The monoisotopic (exact) mass is 354 g/mol. The molecule has 0 unspecified atom stereocenters. The van der Waals surface area contributed by atoms with Gasteiger partial charge in [0.05, 0.1) is 18.7 Å². The first-order valence-electron chi connectivity index (χ1n) is 8.31. The largest absolute Gasteiger partial charge is 0.419 e. The van der Waals surface area contributed by atoms with Gasteiger partial charge in [0.2, 0.25) is 0 Å². The molecule has 4 rings (SSSR count). The minimum Gasteiger partial charge on any atom is -0.408 e. The van der Waals surface area contributed by atoms with Crippen LogP contribution >= 0.6 is 0 Å². The maximum atomic E-state index is 12.5. The predicted molar refractivity (Wildman–Crippen MR) is 96.7 cm³/mol. The minimum atomic E-state index is -0.441. The number of rotatable bonds is 3. The molecule has 1 saturated heterocycles. The zero-order valence-corrected chi connectivity index (χ0v) is 14.3. The van der Waals surface area contributed by atoms with E-state index in [4.69, 9.17) is 9.15 Å². The van der Waals surface area contributed by atoms with E-state index >= 15 is 0 Å². The first kappa shape index (κ1) is 16.3. The summed E-state index contributed by atoms with van der Waals surface area (Å²) in [5.74, 6) is -0.763. The molecular weight excluding hydrogens is 336 g/mol. The second kappa shape index (κ2) is 6.64. The van der Waals surface area contributed by atoms with E-state index in [9.17, 15) is 9.59 Å². The summed E-state index contributed by atoms with van der Waals surface area (Å²) >= 11 is 0. The van der Waals surface area contributed by atoms with Gasteiger partial charge in [-0.3, -0.25) is 14.3 Å². The van der Waals surface area contributed by atoms with Crippen LogP contribution in [0.2, 0.25) is 0 Å². The third-order valence-corrected chi connectivity index (χ3v) is 4.40. The summed E-state index contributed by atoms with van der Waals surface area (Å²) < 4.78 is 11.9. The van der Waals surface area contributed by atoms with Crippen molar-refractivity contribution in [3.05, 3.63) is 52.8 Å². The van der Waals surface area contributed by atoms with Gasteiger partial charge in [-0.15, -0.1) is 0 Å². The van der Waals surface area contributed by atoms with E-state index in [2.05, 4.69) is 15.2 Å². The lowest BCUT2D eigenvalue weighted by Crippen LogP contribution is -2.36. The molecule has 0 atom stereocenters. The van der Waals surface area contributed by atoms with E-state index in [0.29, 0.717) is 35.7 Å². The maximum absolute atomic E-state index is 12.5. The molecule has 0 aliphatic carbocycles. The second-order valence-corrected chi connectivity index (χ2v) is 6.06. The molecule has 1 N–H and O–H groups in total. The van der Waals surface area contributed by atoms with Crippen molar-refractivity contribution in [2.75, 3.05) is 36.5 Å². The van der Waals surface area contributed by atoms with Gasteiger partial charge in [-0.25, -0.2) is 4.79 Å². The highest BCUT2D eigenvalue weighted by molar-refractivity contribution is 6.04. The maximum Gasteiger partial charge on any atom is 0.419 e. The van der Waals surface area contributed by atoms with Gasteiger partial charge < -0.3 is 19.4 Å². The highest BCUT2D eigenvalue weighted by Crippen LogP contribution is 2.20. The first-order chi connectivity index (χ1) is 12.6. The molecule has 3 heterocycles. The Bertz CT molecular complexity index is 1020. The fourth-order valence-corrected chi connectivity index (χ4v) is 2.97. The number of aromatic nitrogens is 2. The van der Waals surface area contributed by atoms with Crippen molar-refractivity contribution in [2.24, 2.45) is 7.05 Å². The average molecular weight is 354 g/mol. The summed E-state index contributed by atoms with van der Waals surface area (Å²) in [5, 5.41) is 2.79. The molecule has 1 aliphatic rings. The Kier molecular flexibility index (Phi) is 4.18. The molecule has 8 heteroatoms. The molecule has 134 valence electrons. The summed E-state index contributed by atoms with van der Waals surface area (Å²) in [5.41, 5.74) is 2.89. The van der Waals surface area contributed by atoms with Crippen LogP contribution in [0, 0.1) is 0 Å². The molecule has 0 saturated carbocycles. The number of anilines is 2. The summed E-state index contributed by atoms with van der Waals surface area (Å²) in [6, 6.07) is 8.73. The second-order valence-electron chi connectivity index (χ2n) is 6.06. The van der Waals surface area contributed by atoms with Crippen LogP contribution in [0.15, 0.2) is 45.7 Å². The average Bonchev–Trinajstić information content (AvgIpc) is 2.96. The van der Waals surface area contributed by atoms with E-state index in [-0.39, 0.29) is 5.91 Å². The number of oxazole rings is 1. The number of hydrogen-bond acceptors (Lipinski definition) is 6. The van der Waals surface area contributed by atoms with Gasteiger partial charge in [0.25, 0.3) is 5.91 Å². The van der Waals surface area contributed by atoms with Crippen LogP contribution in [0.3, 0.4) is 0 Å². The number of nitrogens with one attached hydrogen (secondary N) is 1. The number of fused-ring (bicyclic) bond motifs is 1. The number of ether oxygens (including phenoxy) is 1. The first-order valence-corrected chi connectivity index (χ1v) is 8.31. The smallest absolute Gasteiger partial charge is 0.408 e. The number of carbonyl (C=O) groups is 1. The Morgan fingerprint density at radius 1 is 1.19 bits per heavy atom. The van der Waals surface area contributed by atoms with Crippen LogP contribution < -0.4 is 16.0 Å². The summed E-state index contributed by atoms with van der Waals surface area (Å²) in [6.07, 6.45) is 1.62. The fraction of sp³-hybridized carbons (Fsp3) is 0.278. The van der Waals surface area contributed by atoms with E-state index in [1.54, 1.807) is 37.5 Å². The number of aryl methyl sites for hydroxylation is 1. The topological polar surface area (TPSA) is 89.6 Å². The van der Waals surface area contributed by atoms with E-state index in [0.717, 1.165) is 18.8 Å². The van der Waals surface area contributed by atoms with Crippen molar-refractivity contribution in [1.29, 1.82) is 0 Å². The van der Waals surface area contributed by atoms with Crippen molar-refractivity contribution in [1.82, 2.24) is 9.55 Å². The van der Waals surface area contributed by atoms with Crippen LogP contribution in [0.4, 0.5) is 11.4 Å². The Hall–Kier alpha value is -3.13. The number of pyridine rings is 1. The van der Waals surface area contributed by atoms with Gasteiger partial charge in [-0.05, 0) is 24.3 Å². The van der Waals surface area contributed by atoms with Gasteiger partial charge in [0.1, 0.15) is 5.69 Å². The summed E-state index contributed by atoms with van der Waals surface area (Å²) in [7, 11) is 1.63. The van der Waals surface area contributed by atoms with Crippen LogP contribution in [-0.4, -0.2) is 41.8 Å². The van der Waals surface area contributed by atoms with Crippen molar-refractivity contribution >= 4 is 28.4 Å². The molecule has 1 aromatic carbocycles. The highest BCUT2D eigenvalue weighted by atomic mass is 16.5. The third kappa shape index (κ3) is 3.06. The predicted octanol–water partition coefficient (Wildman–Crippen LogP) is 1.62. The number of morpholine rings is 1. The normalized spacial score (nSPS) is 14.6. The van der Waals surface area contributed by atoms with E-state index < -0.39 is 5.76 Å².